The van der Waals surface area contributed by atoms with Crippen LogP contribution in [0.2, 0.25) is 0 Å². The van der Waals surface area contributed by atoms with Gasteiger partial charge in [0, 0.05) is 13.1 Å². The molecule has 1 rings (SSSR count). The molecule has 0 amide bonds. The molecule has 0 aromatic carbocycles. The number of aliphatic carboxylic acids is 1. The summed E-state index contributed by atoms with van der Waals surface area (Å²) >= 11 is 0. The molecule has 0 atom stereocenters. The van der Waals surface area contributed by atoms with Crippen LogP contribution in [0.4, 0.5) is 0 Å². The fraction of sp³-hybridized carbons (Fsp3) is 0.875. The van der Waals surface area contributed by atoms with Gasteiger partial charge in [-0.25, -0.2) is 12.7 Å². The third-order valence-corrected chi connectivity index (χ3v) is 4.37. The standard InChI is InChI=1S/C8H15NO4S/c1-9(7-4-2-3-5-7)14(12,13)6-8(10)11/h7H,2-6H2,1H3,(H,10,11). The molecule has 0 spiro atoms. The lowest BCUT2D eigenvalue weighted by molar-refractivity contribution is -0.134. The number of carbonyl (C=O) groups is 1. The van der Waals surface area contributed by atoms with Crippen LogP contribution in [0, 0.1) is 0 Å². The maximum absolute atomic E-state index is 11.5. The number of rotatable bonds is 4. The van der Waals surface area contributed by atoms with E-state index in [1.54, 1.807) is 0 Å². The Morgan fingerprint density at radius 2 is 1.93 bits per heavy atom. The molecule has 0 aliphatic heterocycles. The van der Waals surface area contributed by atoms with Gasteiger partial charge in [-0.05, 0) is 12.8 Å². The summed E-state index contributed by atoms with van der Waals surface area (Å²) in [4.78, 5) is 10.3. The summed E-state index contributed by atoms with van der Waals surface area (Å²) in [7, 11) is -2.14. The first kappa shape index (κ1) is 11.5. The lowest BCUT2D eigenvalue weighted by atomic mass is 10.3. The maximum atomic E-state index is 11.5. The van der Waals surface area contributed by atoms with Gasteiger partial charge in [-0.3, -0.25) is 4.79 Å². The molecule has 0 heterocycles. The molecular weight excluding hydrogens is 206 g/mol. The highest BCUT2D eigenvalue weighted by atomic mass is 32.2. The Morgan fingerprint density at radius 3 is 2.36 bits per heavy atom. The van der Waals surface area contributed by atoms with E-state index < -0.39 is 21.7 Å². The quantitative estimate of drug-likeness (QED) is 0.739. The molecule has 0 saturated heterocycles. The topological polar surface area (TPSA) is 74.7 Å². The number of carboxylic acids is 1. The second-order valence-corrected chi connectivity index (χ2v) is 5.63. The Morgan fingerprint density at radius 1 is 1.43 bits per heavy atom. The fourth-order valence-corrected chi connectivity index (χ4v) is 2.93. The average Bonchev–Trinajstić information content (AvgIpc) is 2.51. The minimum absolute atomic E-state index is 0.000602. The van der Waals surface area contributed by atoms with E-state index in [9.17, 15) is 13.2 Å². The summed E-state index contributed by atoms with van der Waals surface area (Å²) < 4.78 is 24.2. The molecule has 82 valence electrons. The van der Waals surface area contributed by atoms with E-state index in [2.05, 4.69) is 0 Å². The third-order valence-electron chi connectivity index (χ3n) is 2.58. The minimum atomic E-state index is -3.61. The smallest absolute Gasteiger partial charge is 0.320 e. The van der Waals surface area contributed by atoms with Crippen LogP contribution in [-0.4, -0.2) is 42.6 Å². The Hall–Kier alpha value is -0.620. The monoisotopic (exact) mass is 221 g/mol. The van der Waals surface area contributed by atoms with Gasteiger partial charge in [-0.1, -0.05) is 12.8 Å². The Kier molecular flexibility index (Phi) is 3.49. The molecule has 1 saturated carbocycles. The van der Waals surface area contributed by atoms with Crippen molar-refractivity contribution >= 4 is 16.0 Å². The van der Waals surface area contributed by atoms with Crippen molar-refractivity contribution in [2.24, 2.45) is 0 Å². The molecule has 1 aliphatic carbocycles. The molecule has 1 fully saturated rings. The van der Waals surface area contributed by atoms with Crippen LogP contribution < -0.4 is 0 Å². The van der Waals surface area contributed by atoms with Crippen LogP contribution in [0.1, 0.15) is 25.7 Å². The van der Waals surface area contributed by atoms with E-state index in [1.807, 2.05) is 0 Å². The first-order valence-corrected chi connectivity index (χ1v) is 6.22. The zero-order valence-corrected chi connectivity index (χ0v) is 8.96. The molecule has 14 heavy (non-hydrogen) atoms. The molecule has 1 aliphatic rings. The van der Waals surface area contributed by atoms with E-state index in [0.29, 0.717) is 0 Å². The van der Waals surface area contributed by atoms with E-state index >= 15 is 0 Å². The molecule has 0 aromatic heterocycles. The molecule has 1 N–H and O–H groups in total. The Bertz CT molecular complexity index is 305. The van der Waals surface area contributed by atoms with Crippen LogP contribution in [0.25, 0.3) is 0 Å². The predicted octanol–water partition coefficient (Wildman–Crippen LogP) is 0.275. The molecule has 0 unspecified atom stereocenters. The van der Waals surface area contributed by atoms with Crippen LogP contribution in [0.3, 0.4) is 0 Å². The number of carboxylic acid groups (broad SMARTS) is 1. The van der Waals surface area contributed by atoms with Crippen molar-refractivity contribution in [2.45, 2.75) is 31.7 Å². The number of hydrogen-bond donors (Lipinski definition) is 1. The highest BCUT2D eigenvalue weighted by molar-refractivity contribution is 7.89. The van der Waals surface area contributed by atoms with Crippen LogP contribution in [-0.2, 0) is 14.8 Å². The lowest BCUT2D eigenvalue weighted by Gasteiger charge is -2.22. The number of nitrogens with zero attached hydrogens (tertiary/aromatic N) is 1. The van der Waals surface area contributed by atoms with Gasteiger partial charge >= 0.3 is 5.97 Å². The second kappa shape index (κ2) is 4.27. The molecule has 0 radical (unpaired) electrons. The van der Waals surface area contributed by atoms with Crippen LogP contribution in [0.5, 0.6) is 0 Å². The zero-order valence-electron chi connectivity index (χ0n) is 8.14. The summed E-state index contributed by atoms with van der Waals surface area (Å²) in [6, 6.07) is -0.000602. The number of hydrogen-bond acceptors (Lipinski definition) is 3. The summed E-state index contributed by atoms with van der Waals surface area (Å²) in [6.45, 7) is 0. The third kappa shape index (κ3) is 2.68. The molecule has 0 bridgehead atoms. The maximum Gasteiger partial charge on any atom is 0.320 e. The van der Waals surface area contributed by atoms with Gasteiger partial charge < -0.3 is 5.11 Å². The van der Waals surface area contributed by atoms with Gasteiger partial charge in [0.25, 0.3) is 0 Å². The predicted molar refractivity (Wildman–Crippen MR) is 51.4 cm³/mol. The SMILES string of the molecule is CN(C1CCCC1)S(=O)(=O)CC(=O)O. The Labute approximate surface area is 83.8 Å². The van der Waals surface area contributed by atoms with Gasteiger partial charge in [0.05, 0.1) is 0 Å². The van der Waals surface area contributed by atoms with Crippen molar-refractivity contribution in [3.05, 3.63) is 0 Å². The summed E-state index contributed by atoms with van der Waals surface area (Å²) in [5.41, 5.74) is 0. The van der Waals surface area contributed by atoms with Crippen molar-refractivity contribution in [3.63, 3.8) is 0 Å². The average molecular weight is 221 g/mol. The summed E-state index contributed by atoms with van der Waals surface area (Å²) in [5.74, 6) is -2.10. The van der Waals surface area contributed by atoms with Gasteiger partial charge in [0.2, 0.25) is 10.0 Å². The van der Waals surface area contributed by atoms with Crippen molar-refractivity contribution < 1.29 is 18.3 Å². The van der Waals surface area contributed by atoms with Crippen LogP contribution in [0.15, 0.2) is 0 Å². The lowest BCUT2D eigenvalue weighted by Crippen LogP contribution is -2.38. The highest BCUT2D eigenvalue weighted by Crippen LogP contribution is 2.24. The first-order chi connectivity index (χ1) is 6.43. The van der Waals surface area contributed by atoms with Gasteiger partial charge in [0.15, 0.2) is 5.75 Å². The van der Waals surface area contributed by atoms with Crippen LogP contribution >= 0.6 is 0 Å². The number of sulfonamides is 1. The van der Waals surface area contributed by atoms with E-state index in [0.717, 1.165) is 25.7 Å². The minimum Gasteiger partial charge on any atom is -0.480 e. The van der Waals surface area contributed by atoms with Gasteiger partial charge in [0.1, 0.15) is 0 Å². The van der Waals surface area contributed by atoms with Crippen molar-refractivity contribution in [3.8, 4) is 0 Å². The molecular formula is C8H15NO4S. The van der Waals surface area contributed by atoms with E-state index in [4.69, 9.17) is 5.11 Å². The second-order valence-electron chi connectivity index (χ2n) is 3.60. The molecule has 6 heteroatoms. The van der Waals surface area contributed by atoms with E-state index in [1.165, 1.54) is 11.4 Å². The van der Waals surface area contributed by atoms with Gasteiger partial charge in [-0.2, -0.15) is 0 Å². The summed E-state index contributed by atoms with van der Waals surface area (Å²) in [5, 5.41) is 8.43. The highest BCUT2D eigenvalue weighted by Gasteiger charge is 2.30. The van der Waals surface area contributed by atoms with Crippen molar-refractivity contribution in [2.75, 3.05) is 12.8 Å². The largest absolute Gasteiger partial charge is 0.480 e. The van der Waals surface area contributed by atoms with Crippen molar-refractivity contribution in [1.29, 1.82) is 0 Å². The normalized spacial score (nSPS) is 19.0. The van der Waals surface area contributed by atoms with Crippen molar-refractivity contribution in [1.82, 2.24) is 4.31 Å². The Balaban J connectivity index is 2.66. The van der Waals surface area contributed by atoms with Gasteiger partial charge in [-0.15, -0.1) is 0 Å². The zero-order chi connectivity index (χ0) is 10.8. The van der Waals surface area contributed by atoms with E-state index in [-0.39, 0.29) is 6.04 Å². The summed E-state index contributed by atoms with van der Waals surface area (Å²) in [6.07, 6.45) is 3.74. The first-order valence-electron chi connectivity index (χ1n) is 4.61. The molecule has 5 nitrogen and oxygen atoms in total. The molecule has 0 aromatic rings. The fourth-order valence-electron chi connectivity index (χ4n) is 1.75.